The molecule has 1 aliphatic rings. The Bertz CT molecular complexity index is 211. The van der Waals surface area contributed by atoms with Gasteiger partial charge in [0.05, 0.1) is 6.54 Å². The van der Waals surface area contributed by atoms with Gasteiger partial charge in [-0.15, -0.1) is 6.42 Å². The summed E-state index contributed by atoms with van der Waals surface area (Å²) in [4.78, 5) is 12.6. The van der Waals surface area contributed by atoms with Crippen LogP contribution in [0.15, 0.2) is 0 Å². The largest absolute Gasteiger partial charge is 0.481 e. The number of hydrogen-bond donors (Lipinski definition) is 1. The quantitative estimate of drug-likeness (QED) is 0.655. The molecule has 3 nitrogen and oxygen atoms in total. The Kier molecular flexibility index (Phi) is 3.78. The fourth-order valence-corrected chi connectivity index (χ4v) is 1.72. The standard InChI is InChI=1S/C10H15NO2/c1-2-5-11-6-3-9(4-7-11)8-10(12)13/h1,9H,3-8H2,(H,12,13). The Morgan fingerprint density at radius 3 is 2.62 bits per heavy atom. The van der Waals surface area contributed by atoms with Crippen molar-refractivity contribution in [1.82, 2.24) is 4.90 Å². The van der Waals surface area contributed by atoms with E-state index in [1.807, 2.05) is 0 Å². The van der Waals surface area contributed by atoms with Crippen LogP contribution in [-0.4, -0.2) is 35.6 Å². The third-order valence-corrected chi connectivity index (χ3v) is 2.49. The van der Waals surface area contributed by atoms with Crippen LogP contribution in [0.25, 0.3) is 0 Å². The molecule has 0 bridgehead atoms. The zero-order chi connectivity index (χ0) is 9.68. The minimum Gasteiger partial charge on any atom is -0.481 e. The number of piperidine rings is 1. The van der Waals surface area contributed by atoms with Crippen LogP contribution in [0.5, 0.6) is 0 Å². The molecule has 0 aromatic carbocycles. The van der Waals surface area contributed by atoms with Crippen LogP contribution in [-0.2, 0) is 4.79 Å². The van der Waals surface area contributed by atoms with E-state index in [9.17, 15) is 4.79 Å². The predicted octanol–water partition coefficient (Wildman–Crippen LogP) is 0.806. The Hall–Kier alpha value is -1.01. The van der Waals surface area contributed by atoms with E-state index < -0.39 is 5.97 Å². The van der Waals surface area contributed by atoms with E-state index in [1.54, 1.807) is 0 Å². The monoisotopic (exact) mass is 181 g/mol. The summed E-state index contributed by atoms with van der Waals surface area (Å²) >= 11 is 0. The normalized spacial score (nSPS) is 19.6. The second-order valence-corrected chi connectivity index (χ2v) is 3.52. The molecule has 0 unspecified atom stereocenters. The number of hydrogen-bond acceptors (Lipinski definition) is 2. The molecule has 1 N–H and O–H groups in total. The smallest absolute Gasteiger partial charge is 0.303 e. The van der Waals surface area contributed by atoms with Gasteiger partial charge in [0.25, 0.3) is 0 Å². The van der Waals surface area contributed by atoms with Gasteiger partial charge >= 0.3 is 5.97 Å². The molecular formula is C10H15NO2. The van der Waals surface area contributed by atoms with Crippen molar-refractivity contribution in [2.45, 2.75) is 19.3 Å². The topological polar surface area (TPSA) is 40.5 Å². The lowest BCUT2D eigenvalue weighted by Crippen LogP contribution is -2.34. The van der Waals surface area contributed by atoms with E-state index in [0.29, 0.717) is 18.9 Å². The van der Waals surface area contributed by atoms with Crippen LogP contribution in [0.1, 0.15) is 19.3 Å². The van der Waals surface area contributed by atoms with E-state index in [0.717, 1.165) is 25.9 Å². The van der Waals surface area contributed by atoms with Gasteiger partial charge < -0.3 is 5.11 Å². The lowest BCUT2D eigenvalue weighted by Gasteiger charge is -2.29. The number of carboxylic acids is 1. The summed E-state index contributed by atoms with van der Waals surface area (Å²) in [5.41, 5.74) is 0. The highest BCUT2D eigenvalue weighted by Gasteiger charge is 2.20. The molecule has 0 amide bonds. The van der Waals surface area contributed by atoms with Crippen molar-refractivity contribution in [1.29, 1.82) is 0 Å². The van der Waals surface area contributed by atoms with Crippen LogP contribution in [0.3, 0.4) is 0 Å². The molecule has 0 saturated carbocycles. The highest BCUT2D eigenvalue weighted by atomic mass is 16.4. The molecule has 13 heavy (non-hydrogen) atoms. The van der Waals surface area contributed by atoms with Gasteiger partial charge in [-0.25, -0.2) is 0 Å². The zero-order valence-electron chi connectivity index (χ0n) is 7.70. The lowest BCUT2D eigenvalue weighted by molar-refractivity contribution is -0.138. The van der Waals surface area contributed by atoms with Crippen molar-refractivity contribution in [3.05, 3.63) is 0 Å². The third kappa shape index (κ3) is 3.47. The second-order valence-electron chi connectivity index (χ2n) is 3.52. The summed E-state index contributed by atoms with van der Waals surface area (Å²) in [5, 5.41) is 8.59. The maximum Gasteiger partial charge on any atom is 0.303 e. The van der Waals surface area contributed by atoms with Crippen molar-refractivity contribution in [2.24, 2.45) is 5.92 Å². The predicted molar refractivity (Wildman–Crippen MR) is 50.2 cm³/mol. The second kappa shape index (κ2) is 4.88. The number of rotatable bonds is 3. The van der Waals surface area contributed by atoms with Crippen molar-refractivity contribution in [2.75, 3.05) is 19.6 Å². The van der Waals surface area contributed by atoms with E-state index >= 15 is 0 Å². The number of nitrogens with zero attached hydrogens (tertiary/aromatic N) is 1. The number of carbonyl (C=O) groups is 1. The molecule has 0 spiro atoms. The van der Waals surface area contributed by atoms with Crippen molar-refractivity contribution < 1.29 is 9.90 Å². The van der Waals surface area contributed by atoms with E-state index in [1.165, 1.54) is 0 Å². The summed E-state index contributed by atoms with van der Waals surface area (Å²) in [6.45, 7) is 2.59. The first-order valence-electron chi connectivity index (χ1n) is 4.60. The minimum absolute atomic E-state index is 0.309. The first kappa shape index (κ1) is 10.1. The van der Waals surface area contributed by atoms with Crippen LogP contribution in [0.4, 0.5) is 0 Å². The summed E-state index contributed by atoms with van der Waals surface area (Å²) in [6.07, 6.45) is 7.43. The van der Waals surface area contributed by atoms with Gasteiger partial charge in [0, 0.05) is 6.42 Å². The van der Waals surface area contributed by atoms with Crippen molar-refractivity contribution in [3.63, 3.8) is 0 Å². The van der Waals surface area contributed by atoms with Crippen LogP contribution in [0, 0.1) is 18.3 Å². The molecule has 1 saturated heterocycles. The highest BCUT2D eigenvalue weighted by molar-refractivity contribution is 5.67. The van der Waals surface area contributed by atoms with Crippen molar-refractivity contribution in [3.8, 4) is 12.3 Å². The highest BCUT2D eigenvalue weighted by Crippen LogP contribution is 2.19. The fraction of sp³-hybridized carbons (Fsp3) is 0.700. The van der Waals surface area contributed by atoms with Crippen molar-refractivity contribution >= 4 is 5.97 Å². The molecule has 3 heteroatoms. The molecule has 72 valence electrons. The SMILES string of the molecule is C#CCN1CCC(CC(=O)O)CC1. The van der Waals surface area contributed by atoms with Gasteiger partial charge in [0.2, 0.25) is 0 Å². The summed E-state index contributed by atoms with van der Waals surface area (Å²) < 4.78 is 0. The first-order chi connectivity index (χ1) is 6.22. The average Bonchev–Trinajstić information content (AvgIpc) is 2.08. The maximum absolute atomic E-state index is 10.4. The molecule has 1 aliphatic heterocycles. The molecule has 0 aromatic heterocycles. The molecule has 1 fully saturated rings. The van der Waals surface area contributed by atoms with Gasteiger partial charge in [0.15, 0.2) is 0 Å². The zero-order valence-corrected chi connectivity index (χ0v) is 7.70. The maximum atomic E-state index is 10.4. The van der Waals surface area contributed by atoms with Gasteiger partial charge in [-0.05, 0) is 31.8 Å². The van der Waals surface area contributed by atoms with Crippen LogP contribution in [0.2, 0.25) is 0 Å². The van der Waals surface area contributed by atoms with Gasteiger partial charge in [-0.2, -0.15) is 0 Å². The number of carboxylic acid groups (broad SMARTS) is 1. The number of likely N-dealkylation sites (tertiary alicyclic amines) is 1. The molecular weight excluding hydrogens is 166 g/mol. The molecule has 1 rings (SSSR count). The third-order valence-electron chi connectivity index (χ3n) is 2.49. The Labute approximate surface area is 78.7 Å². The van der Waals surface area contributed by atoms with Gasteiger partial charge in [0.1, 0.15) is 0 Å². The van der Waals surface area contributed by atoms with Crippen LogP contribution >= 0.6 is 0 Å². The molecule has 0 radical (unpaired) electrons. The van der Waals surface area contributed by atoms with E-state index in [-0.39, 0.29) is 0 Å². The first-order valence-corrected chi connectivity index (χ1v) is 4.60. The van der Waals surface area contributed by atoms with Crippen LogP contribution < -0.4 is 0 Å². The summed E-state index contributed by atoms with van der Waals surface area (Å²) in [7, 11) is 0. The molecule has 0 aliphatic carbocycles. The Morgan fingerprint density at radius 2 is 2.15 bits per heavy atom. The Morgan fingerprint density at radius 1 is 1.54 bits per heavy atom. The van der Waals surface area contributed by atoms with Gasteiger partial charge in [-0.3, -0.25) is 9.69 Å². The molecule has 1 heterocycles. The van der Waals surface area contributed by atoms with Gasteiger partial charge in [-0.1, -0.05) is 5.92 Å². The fourth-order valence-electron chi connectivity index (χ4n) is 1.72. The lowest BCUT2D eigenvalue weighted by atomic mass is 9.94. The summed E-state index contributed by atoms with van der Waals surface area (Å²) in [6, 6.07) is 0. The Balaban J connectivity index is 2.23. The average molecular weight is 181 g/mol. The number of terminal acetylenes is 1. The van der Waals surface area contributed by atoms with E-state index in [2.05, 4.69) is 10.8 Å². The van der Waals surface area contributed by atoms with E-state index in [4.69, 9.17) is 11.5 Å². The minimum atomic E-state index is -0.685. The number of aliphatic carboxylic acids is 1. The summed E-state index contributed by atoms with van der Waals surface area (Å²) in [5.74, 6) is 2.27. The molecule has 0 aromatic rings. The molecule has 0 atom stereocenters.